The highest BCUT2D eigenvalue weighted by molar-refractivity contribution is 4.97. The lowest BCUT2D eigenvalue weighted by Gasteiger charge is -2.41. The summed E-state index contributed by atoms with van der Waals surface area (Å²) in [6.45, 7) is 13.4. The molecule has 2 saturated heterocycles. The summed E-state index contributed by atoms with van der Waals surface area (Å²) >= 11 is 0. The number of likely N-dealkylation sites (tertiary alicyclic amines) is 1. The minimum absolute atomic E-state index is 0.236. The maximum absolute atomic E-state index is 5.47. The molecule has 0 radical (unpaired) electrons. The first kappa shape index (κ1) is 14.8. The topological polar surface area (TPSA) is 27.7 Å². The van der Waals surface area contributed by atoms with Gasteiger partial charge in [-0.3, -0.25) is 9.80 Å². The zero-order chi connectivity index (χ0) is 14.2. The highest BCUT2D eigenvalue weighted by Crippen LogP contribution is 2.33. The predicted octanol–water partition coefficient (Wildman–Crippen LogP) is 1.31. The van der Waals surface area contributed by atoms with Crippen LogP contribution in [0.25, 0.3) is 0 Å². The fourth-order valence-corrected chi connectivity index (χ4v) is 3.79. The summed E-state index contributed by atoms with van der Waals surface area (Å²) < 4.78 is 5.47. The van der Waals surface area contributed by atoms with Gasteiger partial charge in [0.1, 0.15) is 0 Å². The summed E-state index contributed by atoms with van der Waals surface area (Å²) in [5, 5.41) is 3.84. The predicted molar refractivity (Wildman–Crippen MR) is 82.1 cm³/mol. The molecule has 0 aromatic heterocycles. The summed E-state index contributed by atoms with van der Waals surface area (Å²) in [6.07, 6.45) is 4.17. The van der Waals surface area contributed by atoms with Crippen LogP contribution in [0.3, 0.4) is 0 Å². The Morgan fingerprint density at radius 2 is 1.90 bits per heavy atom. The van der Waals surface area contributed by atoms with E-state index < -0.39 is 0 Å². The molecule has 3 rings (SSSR count). The molecule has 0 bridgehead atoms. The first-order valence-corrected chi connectivity index (χ1v) is 8.38. The standard InChI is InChI=1S/C16H31N3O/c1-13-10-14(11-19(13)15-4-5-15)17-12-16(2,3)18-6-8-20-9-7-18/h13-15,17H,4-12H2,1-3H3. The van der Waals surface area contributed by atoms with Crippen molar-refractivity contribution in [2.45, 2.75) is 63.7 Å². The van der Waals surface area contributed by atoms with Gasteiger partial charge < -0.3 is 10.1 Å². The maximum Gasteiger partial charge on any atom is 0.0594 e. The van der Waals surface area contributed by atoms with Crippen LogP contribution in [0, 0.1) is 0 Å². The van der Waals surface area contributed by atoms with Gasteiger partial charge in [-0.1, -0.05) is 0 Å². The largest absolute Gasteiger partial charge is 0.379 e. The highest BCUT2D eigenvalue weighted by Gasteiger charge is 2.39. The van der Waals surface area contributed by atoms with E-state index in [-0.39, 0.29) is 5.54 Å². The van der Waals surface area contributed by atoms with Gasteiger partial charge in [0.2, 0.25) is 0 Å². The van der Waals surface area contributed by atoms with Crippen LogP contribution in [-0.4, -0.2) is 72.9 Å². The molecule has 3 aliphatic rings. The van der Waals surface area contributed by atoms with Crippen LogP contribution in [0.1, 0.15) is 40.0 Å². The van der Waals surface area contributed by atoms with Crippen LogP contribution in [0.2, 0.25) is 0 Å². The number of ether oxygens (including phenoxy) is 1. The van der Waals surface area contributed by atoms with E-state index in [1.54, 1.807) is 0 Å². The number of morpholine rings is 1. The Morgan fingerprint density at radius 3 is 2.55 bits per heavy atom. The molecule has 116 valence electrons. The van der Waals surface area contributed by atoms with Crippen molar-refractivity contribution in [2.24, 2.45) is 0 Å². The van der Waals surface area contributed by atoms with E-state index in [1.165, 1.54) is 25.8 Å². The van der Waals surface area contributed by atoms with Gasteiger partial charge in [0.25, 0.3) is 0 Å². The highest BCUT2D eigenvalue weighted by atomic mass is 16.5. The Labute approximate surface area is 123 Å². The Kier molecular flexibility index (Phi) is 4.37. The van der Waals surface area contributed by atoms with Crippen LogP contribution in [-0.2, 0) is 4.74 Å². The lowest BCUT2D eigenvalue weighted by molar-refractivity contribution is -0.0103. The third-order valence-corrected chi connectivity index (χ3v) is 5.33. The van der Waals surface area contributed by atoms with Crippen molar-refractivity contribution in [1.29, 1.82) is 0 Å². The zero-order valence-electron chi connectivity index (χ0n) is 13.4. The average Bonchev–Trinajstić information content (AvgIpc) is 3.21. The van der Waals surface area contributed by atoms with Gasteiger partial charge in [0.05, 0.1) is 13.2 Å². The molecule has 1 aliphatic carbocycles. The van der Waals surface area contributed by atoms with E-state index in [4.69, 9.17) is 4.74 Å². The lowest BCUT2D eigenvalue weighted by Crippen LogP contribution is -2.56. The van der Waals surface area contributed by atoms with Gasteiger partial charge in [0, 0.05) is 49.8 Å². The van der Waals surface area contributed by atoms with Crippen LogP contribution in [0.5, 0.6) is 0 Å². The van der Waals surface area contributed by atoms with E-state index >= 15 is 0 Å². The number of rotatable bonds is 5. The second kappa shape index (κ2) is 5.91. The minimum Gasteiger partial charge on any atom is -0.379 e. The Bertz CT molecular complexity index is 324. The number of nitrogens with zero attached hydrogens (tertiary/aromatic N) is 2. The smallest absolute Gasteiger partial charge is 0.0594 e. The molecule has 0 spiro atoms. The molecular formula is C16H31N3O. The molecule has 3 fully saturated rings. The zero-order valence-corrected chi connectivity index (χ0v) is 13.4. The molecule has 0 aromatic rings. The average molecular weight is 281 g/mol. The molecule has 1 N–H and O–H groups in total. The summed E-state index contributed by atoms with van der Waals surface area (Å²) in [6, 6.07) is 2.36. The fourth-order valence-electron chi connectivity index (χ4n) is 3.79. The van der Waals surface area contributed by atoms with E-state index in [2.05, 4.69) is 35.9 Å². The quantitative estimate of drug-likeness (QED) is 0.822. The molecule has 20 heavy (non-hydrogen) atoms. The first-order valence-electron chi connectivity index (χ1n) is 8.38. The Morgan fingerprint density at radius 1 is 1.20 bits per heavy atom. The van der Waals surface area contributed by atoms with Crippen molar-refractivity contribution in [3.05, 3.63) is 0 Å². The van der Waals surface area contributed by atoms with Crippen molar-refractivity contribution in [2.75, 3.05) is 39.4 Å². The molecule has 0 aromatic carbocycles. The van der Waals surface area contributed by atoms with Crippen LogP contribution in [0.15, 0.2) is 0 Å². The van der Waals surface area contributed by atoms with Crippen LogP contribution in [0.4, 0.5) is 0 Å². The van der Waals surface area contributed by atoms with E-state index in [9.17, 15) is 0 Å². The van der Waals surface area contributed by atoms with Gasteiger partial charge in [-0.2, -0.15) is 0 Å². The van der Waals surface area contributed by atoms with Gasteiger partial charge >= 0.3 is 0 Å². The van der Waals surface area contributed by atoms with Crippen molar-refractivity contribution in [3.8, 4) is 0 Å². The molecule has 2 unspecified atom stereocenters. The fraction of sp³-hybridized carbons (Fsp3) is 1.00. The molecule has 4 heteroatoms. The van der Waals surface area contributed by atoms with Crippen molar-refractivity contribution in [3.63, 3.8) is 0 Å². The van der Waals surface area contributed by atoms with E-state index in [1.807, 2.05) is 0 Å². The maximum atomic E-state index is 5.47. The molecular weight excluding hydrogens is 250 g/mol. The van der Waals surface area contributed by atoms with Crippen molar-refractivity contribution < 1.29 is 4.74 Å². The van der Waals surface area contributed by atoms with Crippen LogP contribution >= 0.6 is 0 Å². The third kappa shape index (κ3) is 3.35. The summed E-state index contributed by atoms with van der Waals surface area (Å²) in [4.78, 5) is 5.29. The third-order valence-electron chi connectivity index (χ3n) is 5.33. The number of hydrogen-bond acceptors (Lipinski definition) is 4. The number of nitrogens with one attached hydrogen (secondary N) is 1. The first-order chi connectivity index (χ1) is 9.56. The van der Waals surface area contributed by atoms with Gasteiger partial charge in [0.15, 0.2) is 0 Å². The van der Waals surface area contributed by atoms with Gasteiger partial charge in [-0.15, -0.1) is 0 Å². The molecule has 4 nitrogen and oxygen atoms in total. The lowest BCUT2D eigenvalue weighted by atomic mass is 10.0. The summed E-state index contributed by atoms with van der Waals surface area (Å²) in [5.74, 6) is 0. The molecule has 2 atom stereocenters. The second-order valence-electron chi connectivity index (χ2n) is 7.50. The Balaban J connectivity index is 1.46. The second-order valence-corrected chi connectivity index (χ2v) is 7.50. The van der Waals surface area contributed by atoms with Gasteiger partial charge in [-0.05, 0) is 40.0 Å². The SMILES string of the molecule is CC1CC(NCC(C)(C)N2CCOCC2)CN1C1CC1. The van der Waals surface area contributed by atoms with E-state index in [0.29, 0.717) is 6.04 Å². The molecule has 2 heterocycles. The number of hydrogen-bond donors (Lipinski definition) is 1. The summed E-state index contributed by atoms with van der Waals surface area (Å²) in [5.41, 5.74) is 0.236. The van der Waals surface area contributed by atoms with Crippen molar-refractivity contribution in [1.82, 2.24) is 15.1 Å². The van der Waals surface area contributed by atoms with Gasteiger partial charge in [-0.25, -0.2) is 0 Å². The molecule has 0 amide bonds. The van der Waals surface area contributed by atoms with E-state index in [0.717, 1.165) is 44.9 Å². The van der Waals surface area contributed by atoms with Crippen LogP contribution < -0.4 is 5.32 Å². The Hall–Kier alpha value is -0.160. The molecule has 2 aliphatic heterocycles. The van der Waals surface area contributed by atoms with Crippen molar-refractivity contribution >= 4 is 0 Å². The minimum atomic E-state index is 0.236. The summed E-state index contributed by atoms with van der Waals surface area (Å²) in [7, 11) is 0. The normalized spacial score (nSPS) is 33.8. The molecule has 1 saturated carbocycles. The monoisotopic (exact) mass is 281 g/mol.